The molecule has 0 radical (unpaired) electrons. The van der Waals surface area contributed by atoms with E-state index < -0.39 is 0 Å². The number of ether oxygens (including phenoxy) is 2. The van der Waals surface area contributed by atoms with Gasteiger partial charge in [0.25, 0.3) is 6.02 Å². The molecule has 1 aliphatic heterocycles. The second-order valence-electron chi connectivity index (χ2n) is 6.09. The van der Waals surface area contributed by atoms with E-state index in [9.17, 15) is 0 Å². The molecule has 0 bridgehead atoms. The van der Waals surface area contributed by atoms with Crippen molar-refractivity contribution in [1.29, 1.82) is 0 Å². The summed E-state index contributed by atoms with van der Waals surface area (Å²) in [6, 6.07) is 17.4. The Labute approximate surface area is 135 Å². The van der Waals surface area contributed by atoms with Gasteiger partial charge in [0.15, 0.2) is 6.10 Å². The highest BCUT2D eigenvalue weighted by Gasteiger charge is 2.23. The highest BCUT2D eigenvalue weighted by Crippen LogP contribution is 2.38. The Hall–Kier alpha value is -2.49. The van der Waals surface area contributed by atoms with Gasteiger partial charge in [-0.05, 0) is 41.7 Å². The molecule has 0 saturated carbocycles. The maximum absolute atomic E-state index is 5.77. The molecule has 0 spiro atoms. The van der Waals surface area contributed by atoms with Crippen LogP contribution in [0.4, 0.5) is 0 Å². The van der Waals surface area contributed by atoms with Crippen LogP contribution in [0.3, 0.4) is 0 Å². The average molecular weight is 308 g/mol. The third kappa shape index (κ3) is 2.89. The molecule has 2 unspecified atom stereocenters. The molecule has 2 aromatic carbocycles. The monoisotopic (exact) mass is 308 g/mol. The molecule has 23 heavy (non-hydrogen) atoms. The lowest BCUT2D eigenvalue weighted by molar-refractivity contribution is 0.141. The summed E-state index contributed by atoms with van der Waals surface area (Å²) in [6.07, 6.45) is 2.28. The van der Waals surface area contributed by atoms with Gasteiger partial charge < -0.3 is 15.2 Å². The molecule has 118 valence electrons. The minimum atomic E-state index is -0.0728. The van der Waals surface area contributed by atoms with Gasteiger partial charge in [-0.25, -0.2) is 4.99 Å². The fraction of sp³-hybridized carbons (Fsp3) is 0.316. The number of amidine groups is 1. The van der Waals surface area contributed by atoms with Crippen LogP contribution in [0.5, 0.6) is 5.75 Å². The van der Waals surface area contributed by atoms with Gasteiger partial charge in [0.05, 0.1) is 6.54 Å². The van der Waals surface area contributed by atoms with Gasteiger partial charge in [0.2, 0.25) is 0 Å². The maximum atomic E-state index is 5.77. The number of fused-ring (bicyclic) bond motifs is 1. The van der Waals surface area contributed by atoms with Crippen molar-refractivity contribution >= 4 is 6.02 Å². The first kappa shape index (κ1) is 14.1. The molecule has 1 heterocycles. The Kier molecular flexibility index (Phi) is 3.66. The van der Waals surface area contributed by atoms with Crippen molar-refractivity contribution < 1.29 is 9.47 Å². The first-order valence-corrected chi connectivity index (χ1v) is 8.07. The van der Waals surface area contributed by atoms with E-state index in [1.54, 1.807) is 0 Å². The topological polar surface area (TPSA) is 56.8 Å². The predicted molar refractivity (Wildman–Crippen MR) is 89.9 cm³/mol. The van der Waals surface area contributed by atoms with Crippen LogP contribution in [0.25, 0.3) is 0 Å². The molecular formula is C19H20N2O2. The van der Waals surface area contributed by atoms with Gasteiger partial charge in [-0.2, -0.15) is 0 Å². The van der Waals surface area contributed by atoms with E-state index in [1.165, 1.54) is 29.5 Å². The van der Waals surface area contributed by atoms with Gasteiger partial charge in [-0.15, -0.1) is 0 Å². The molecule has 4 heteroatoms. The summed E-state index contributed by atoms with van der Waals surface area (Å²) < 4.78 is 11.1. The third-order valence-corrected chi connectivity index (χ3v) is 4.59. The van der Waals surface area contributed by atoms with Gasteiger partial charge in [0.1, 0.15) is 12.4 Å². The molecule has 2 aromatic rings. The zero-order valence-corrected chi connectivity index (χ0v) is 12.9. The second kappa shape index (κ2) is 5.95. The van der Waals surface area contributed by atoms with Crippen LogP contribution >= 0.6 is 0 Å². The summed E-state index contributed by atoms with van der Waals surface area (Å²) in [7, 11) is 0. The quantitative estimate of drug-likeness (QED) is 0.945. The highest BCUT2D eigenvalue weighted by atomic mass is 16.5. The Bertz CT molecular complexity index is 724. The fourth-order valence-electron chi connectivity index (χ4n) is 3.41. The number of hydrogen-bond acceptors (Lipinski definition) is 4. The average Bonchev–Trinajstić information content (AvgIpc) is 3.20. The first-order chi connectivity index (χ1) is 11.3. The number of aryl methyl sites for hydroxylation is 1. The molecular weight excluding hydrogens is 288 g/mol. The second-order valence-corrected chi connectivity index (χ2v) is 6.09. The van der Waals surface area contributed by atoms with Gasteiger partial charge in [-0.1, -0.05) is 36.4 Å². The Morgan fingerprint density at radius 3 is 2.74 bits per heavy atom. The Morgan fingerprint density at radius 2 is 1.96 bits per heavy atom. The van der Waals surface area contributed by atoms with Gasteiger partial charge in [0, 0.05) is 5.92 Å². The minimum absolute atomic E-state index is 0.0728. The Morgan fingerprint density at radius 1 is 1.13 bits per heavy atom. The molecule has 0 fully saturated rings. The van der Waals surface area contributed by atoms with Crippen molar-refractivity contribution in [2.75, 3.05) is 13.2 Å². The van der Waals surface area contributed by atoms with Crippen LogP contribution in [0.15, 0.2) is 53.5 Å². The van der Waals surface area contributed by atoms with E-state index in [0.29, 0.717) is 19.1 Å². The van der Waals surface area contributed by atoms with Crippen molar-refractivity contribution in [2.24, 2.45) is 10.7 Å². The lowest BCUT2D eigenvalue weighted by Gasteiger charge is -2.14. The summed E-state index contributed by atoms with van der Waals surface area (Å²) in [5.74, 6) is 1.36. The summed E-state index contributed by atoms with van der Waals surface area (Å²) in [4.78, 5) is 4.01. The molecule has 2 aliphatic rings. The van der Waals surface area contributed by atoms with Crippen LogP contribution in [0, 0.1) is 0 Å². The SMILES string of the molecule is NC1=NCC(COc2ccc(C3CCc4ccccc43)cc2)O1. The number of nitrogens with two attached hydrogens (primary N) is 1. The van der Waals surface area contributed by atoms with Crippen LogP contribution in [-0.4, -0.2) is 25.3 Å². The molecule has 2 atom stereocenters. The smallest absolute Gasteiger partial charge is 0.282 e. The van der Waals surface area contributed by atoms with E-state index in [2.05, 4.69) is 41.4 Å². The normalized spacial score (nSPS) is 22.3. The van der Waals surface area contributed by atoms with E-state index in [4.69, 9.17) is 15.2 Å². The maximum Gasteiger partial charge on any atom is 0.282 e. The van der Waals surface area contributed by atoms with Crippen molar-refractivity contribution in [3.63, 3.8) is 0 Å². The van der Waals surface area contributed by atoms with Crippen LogP contribution in [0.2, 0.25) is 0 Å². The highest BCUT2D eigenvalue weighted by molar-refractivity contribution is 5.73. The minimum Gasteiger partial charge on any atom is -0.490 e. The molecule has 0 saturated heterocycles. The van der Waals surface area contributed by atoms with E-state index in [-0.39, 0.29) is 12.1 Å². The zero-order chi connectivity index (χ0) is 15.6. The lowest BCUT2D eigenvalue weighted by atomic mass is 9.93. The van der Waals surface area contributed by atoms with E-state index in [1.807, 2.05) is 12.1 Å². The third-order valence-electron chi connectivity index (χ3n) is 4.59. The van der Waals surface area contributed by atoms with E-state index >= 15 is 0 Å². The van der Waals surface area contributed by atoms with E-state index in [0.717, 1.165) is 5.75 Å². The summed E-state index contributed by atoms with van der Waals surface area (Å²) in [5, 5.41) is 0. The fourth-order valence-corrected chi connectivity index (χ4v) is 3.41. The summed E-state index contributed by atoms with van der Waals surface area (Å²) in [5.41, 5.74) is 9.79. The van der Waals surface area contributed by atoms with Crippen LogP contribution in [0.1, 0.15) is 29.0 Å². The molecule has 0 aromatic heterocycles. The first-order valence-electron chi connectivity index (χ1n) is 8.07. The zero-order valence-electron chi connectivity index (χ0n) is 12.9. The number of nitrogens with zero attached hydrogens (tertiary/aromatic N) is 1. The summed E-state index contributed by atoms with van der Waals surface area (Å²) in [6.45, 7) is 1.04. The standard InChI is InChI=1S/C19H20N2O2/c20-19-21-11-16(23-19)12-22-15-8-5-14(6-9-15)18-10-7-13-3-1-2-4-17(13)18/h1-6,8-9,16,18H,7,10-12H2,(H2,20,21). The van der Waals surface area contributed by atoms with Crippen molar-refractivity contribution in [3.8, 4) is 5.75 Å². The van der Waals surface area contributed by atoms with Crippen molar-refractivity contribution in [2.45, 2.75) is 24.9 Å². The predicted octanol–water partition coefficient (Wildman–Crippen LogP) is 2.86. The number of benzene rings is 2. The summed E-state index contributed by atoms with van der Waals surface area (Å²) >= 11 is 0. The van der Waals surface area contributed by atoms with Crippen molar-refractivity contribution in [1.82, 2.24) is 0 Å². The molecule has 0 amide bonds. The number of aliphatic imine (C=N–C) groups is 1. The lowest BCUT2D eigenvalue weighted by Crippen LogP contribution is -2.24. The van der Waals surface area contributed by atoms with Crippen LogP contribution in [-0.2, 0) is 11.2 Å². The van der Waals surface area contributed by atoms with Crippen molar-refractivity contribution in [3.05, 3.63) is 65.2 Å². The molecule has 4 rings (SSSR count). The molecule has 1 aliphatic carbocycles. The number of rotatable bonds is 4. The Balaban J connectivity index is 1.41. The van der Waals surface area contributed by atoms with Crippen LogP contribution < -0.4 is 10.5 Å². The number of hydrogen-bond donors (Lipinski definition) is 1. The molecule has 4 nitrogen and oxygen atoms in total. The largest absolute Gasteiger partial charge is 0.490 e. The molecule has 2 N–H and O–H groups in total. The van der Waals surface area contributed by atoms with Gasteiger partial charge in [-0.3, -0.25) is 0 Å². The van der Waals surface area contributed by atoms with Gasteiger partial charge >= 0.3 is 0 Å².